The van der Waals surface area contributed by atoms with Gasteiger partial charge in [-0.25, -0.2) is 4.98 Å². The van der Waals surface area contributed by atoms with Crippen LogP contribution in [0.1, 0.15) is 35.7 Å². The van der Waals surface area contributed by atoms with E-state index in [4.69, 9.17) is 5.73 Å². The molecule has 8 nitrogen and oxygen atoms in total. The van der Waals surface area contributed by atoms with Crippen LogP contribution in [0.4, 0.5) is 17.6 Å². The smallest absolute Gasteiger partial charge is 0.221 e. The van der Waals surface area contributed by atoms with Gasteiger partial charge in [-0.1, -0.05) is 0 Å². The highest BCUT2D eigenvalue weighted by molar-refractivity contribution is 5.81. The highest BCUT2D eigenvalue weighted by atomic mass is 15.2. The minimum atomic E-state index is 0.224. The first-order chi connectivity index (χ1) is 12.8. The molecule has 0 aromatic carbocycles. The molecule has 5 rings (SSSR count). The summed E-state index contributed by atoms with van der Waals surface area (Å²) in [5.41, 5.74) is 9.89. The van der Waals surface area contributed by atoms with Crippen LogP contribution in [0.2, 0.25) is 0 Å². The number of rotatable bonds is 5. The number of hydrogen-bond acceptors (Lipinski definition) is 6. The van der Waals surface area contributed by atoms with Crippen LogP contribution in [-0.2, 0) is 6.42 Å². The fraction of sp³-hybridized carbons (Fsp3) is 0.222. The number of nitrogens with zero attached hydrogens (tertiary/aromatic N) is 4. The fourth-order valence-corrected chi connectivity index (χ4v) is 3.15. The summed E-state index contributed by atoms with van der Waals surface area (Å²) < 4.78 is 0. The van der Waals surface area contributed by atoms with Crippen LogP contribution in [0.25, 0.3) is 10.9 Å². The van der Waals surface area contributed by atoms with Gasteiger partial charge in [0.2, 0.25) is 5.95 Å². The lowest BCUT2D eigenvalue weighted by molar-refractivity contribution is 0.965. The lowest BCUT2D eigenvalue weighted by Crippen LogP contribution is -2.05. The number of pyridine rings is 1. The summed E-state index contributed by atoms with van der Waals surface area (Å²) in [4.78, 5) is 16.3. The van der Waals surface area contributed by atoms with Crippen molar-refractivity contribution in [1.82, 2.24) is 30.1 Å². The molecule has 4 aromatic heterocycles. The van der Waals surface area contributed by atoms with Gasteiger partial charge < -0.3 is 16.0 Å². The molecule has 8 heteroatoms. The topological polar surface area (TPSA) is 121 Å². The van der Waals surface area contributed by atoms with Gasteiger partial charge >= 0.3 is 0 Å². The molecule has 130 valence electrons. The van der Waals surface area contributed by atoms with Crippen molar-refractivity contribution in [2.24, 2.45) is 0 Å². The number of aromatic nitrogens is 6. The summed E-state index contributed by atoms with van der Waals surface area (Å²) in [5.74, 6) is 2.23. The molecule has 0 atom stereocenters. The second-order valence-electron chi connectivity index (χ2n) is 6.58. The van der Waals surface area contributed by atoms with Gasteiger partial charge in [0.25, 0.3) is 0 Å². The van der Waals surface area contributed by atoms with Gasteiger partial charge in [0.1, 0.15) is 5.82 Å². The van der Waals surface area contributed by atoms with Crippen molar-refractivity contribution >= 4 is 28.5 Å². The molecule has 0 aliphatic heterocycles. The second kappa shape index (κ2) is 5.83. The molecular weight excluding hydrogens is 328 g/mol. The van der Waals surface area contributed by atoms with Crippen molar-refractivity contribution < 1.29 is 0 Å². The van der Waals surface area contributed by atoms with E-state index in [-0.39, 0.29) is 5.95 Å². The summed E-state index contributed by atoms with van der Waals surface area (Å²) in [5, 5.41) is 11.8. The van der Waals surface area contributed by atoms with Gasteiger partial charge in [-0.05, 0) is 25.0 Å². The molecule has 0 bridgehead atoms. The molecule has 4 heterocycles. The summed E-state index contributed by atoms with van der Waals surface area (Å²) >= 11 is 0. The number of fused-ring (bicyclic) bond motifs is 1. The van der Waals surface area contributed by atoms with Crippen LogP contribution in [0.3, 0.4) is 0 Å². The molecule has 0 unspecified atom stereocenters. The van der Waals surface area contributed by atoms with E-state index in [0.717, 1.165) is 33.7 Å². The molecule has 1 aliphatic rings. The predicted molar refractivity (Wildman–Crippen MR) is 99.2 cm³/mol. The summed E-state index contributed by atoms with van der Waals surface area (Å²) in [7, 11) is 0. The zero-order valence-corrected chi connectivity index (χ0v) is 14.0. The maximum atomic E-state index is 5.80. The van der Waals surface area contributed by atoms with E-state index in [2.05, 4.69) is 35.5 Å². The van der Waals surface area contributed by atoms with E-state index in [1.807, 2.05) is 24.4 Å². The largest absolute Gasteiger partial charge is 0.368 e. The Morgan fingerprint density at radius 2 is 2.15 bits per heavy atom. The van der Waals surface area contributed by atoms with Crippen molar-refractivity contribution in [2.45, 2.75) is 25.2 Å². The van der Waals surface area contributed by atoms with Crippen LogP contribution in [0.15, 0.2) is 36.8 Å². The summed E-state index contributed by atoms with van der Waals surface area (Å²) in [6.45, 7) is 0. The van der Waals surface area contributed by atoms with E-state index in [9.17, 15) is 0 Å². The Bertz CT molecular complexity index is 1080. The number of anilines is 3. The van der Waals surface area contributed by atoms with Crippen LogP contribution in [0.5, 0.6) is 0 Å². The summed E-state index contributed by atoms with van der Waals surface area (Å²) in [6, 6.07) is 6.02. The van der Waals surface area contributed by atoms with E-state index in [1.54, 1.807) is 12.4 Å². The molecule has 4 aromatic rings. The van der Waals surface area contributed by atoms with Gasteiger partial charge in [-0.2, -0.15) is 10.1 Å². The number of nitrogen functional groups attached to an aromatic ring is 1. The monoisotopic (exact) mass is 346 g/mol. The highest BCUT2D eigenvalue weighted by Gasteiger charge is 2.25. The van der Waals surface area contributed by atoms with Crippen LogP contribution in [-0.4, -0.2) is 30.1 Å². The lowest BCUT2D eigenvalue weighted by atomic mass is 10.1. The number of nitrogens with two attached hydrogens (primary N) is 1. The third kappa shape index (κ3) is 2.75. The predicted octanol–water partition coefficient (Wildman–Crippen LogP) is 2.87. The van der Waals surface area contributed by atoms with Gasteiger partial charge in [0, 0.05) is 59.2 Å². The Morgan fingerprint density at radius 1 is 1.23 bits per heavy atom. The van der Waals surface area contributed by atoms with Crippen molar-refractivity contribution in [3.05, 3.63) is 53.7 Å². The Hall–Kier alpha value is -3.42. The van der Waals surface area contributed by atoms with Crippen LogP contribution < -0.4 is 11.1 Å². The van der Waals surface area contributed by atoms with Gasteiger partial charge in [-0.3, -0.25) is 10.1 Å². The van der Waals surface area contributed by atoms with Crippen LogP contribution >= 0.6 is 0 Å². The third-order valence-electron chi connectivity index (χ3n) is 4.66. The average molecular weight is 346 g/mol. The van der Waals surface area contributed by atoms with Crippen molar-refractivity contribution in [3.8, 4) is 0 Å². The van der Waals surface area contributed by atoms with Gasteiger partial charge in [0.05, 0.1) is 5.69 Å². The van der Waals surface area contributed by atoms with Crippen molar-refractivity contribution in [2.75, 3.05) is 11.1 Å². The Morgan fingerprint density at radius 3 is 3.04 bits per heavy atom. The fourth-order valence-electron chi connectivity index (χ4n) is 3.15. The van der Waals surface area contributed by atoms with Crippen molar-refractivity contribution in [1.29, 1.82) is 0 Å². The Balaban J connectivity index is 1.47. The van der Waals surface area contributed by atoms with E-state index in [0.29, 0.717) is 18.2 Å². The number of aromatic amines is 2. The maximum Gasteiger partial charge on any atom is 0.221 e. The minimum Gasteiger partial charge on any atom is -0.368 e. The molecule has 26 heavy (non-hydrogen) atoms. The van der Waals surface area contributed by atoms with Gasteiger partial charge in [-0.15, -0.1) is 0 Å². The SMILES string of the molecule is Nc1ncc(Cc2nccc3[nH]ccc23)c(Nc2cc(C3CC3)[nH]n2)n1. The first kappa shape index (κ1) is 14.9. The quantitative estimate of drug-likeness (QED) is 0.441. The standard InChI is InChI=1S/C18H18N8/c19-18-22-9-11(7-15-12-3-5-20-13(12)4-6-21-15)17(24-18)23-16-8-14(25-26-16)10-1-2-10/h3-6,8-10,20H,1-2,7H2,(H4,19,22,23,24,25,26). The second-order valence-corrected chi connectivity index (χ2v) is 6.58. The Kier molecular flexibility index (Phi) is 3.34. The highest BCUT2D eigenvalue weighted by Crippen LogP contribution is 2.39. The number of hydrogen-bond donors (Lipinski definition) is 4. The summed E-state index contributed by atoms with van der Waals surface area (Å²) in [6.07, 6.45) is 8.50. The van der Waals surface area contributed by atoms with Crippen molar-refractivity contribution in [3.63, 3.8) is 0 Å². The normalized spacial score (nSPS) is 14.0. The zero-order chi connectivity index (χ0) is 17.5. The molecule has 1 fully saturated rings. The molecular formula is C18H18N8. The van der Waals surface area contributed by atoms with Gasteiger partial charge in [0.15, 0.2) is 5.82 Å². The lowest BCUT2D eigenvalue weighted by Gasteiger charge is -2.10. The van der Waals surface area contributed by atoms with E-state index >= 15 is 0 Å². The zero-order valence-electron chi connectivity index (χ0n) is 14.0. The average Bonchev–Trinajstić information content (AvgIpc) is 3.18. The molecule has 5 N–H and O–H groups in total. The number of nitrogens with one attached hydrogen (secondary N) is 3. The number of H-pyrrole nitrogens is 2. The molecule has 0 amide bonds. The Labute approximate surface area is 149 Å². The molecule has 0 radical (unpaired) electrons. The first-order valence-electron chi connectivity index (χ1n) is 8.61. The van der Waals surface area contributed by atoms with E-state index < -0.39 is 0 Å². The third-order valence-corrected chi connectivity index (χ3v) is 4.66. The first-order valence-corrected chi connectivity index (χ1v) is 8.61. The van der Waals surface area contributed by atoms with E-state index in [1.165, 1.54) is 12.8 Å². The molecule has 0 saturated heterocycles. The minimum absolute atomic E-state index is 0.224. The maximum absolute atomic E-state index is 5.80. The molecule has 0 spiro atoms. The molecule has 1 aliphatic carbocycles. The van der Waals surface area contributed by atoms with Crippen LogP contribution in [0, 0.1) is 0 Å². The molecule has 1 saturated carbocycles.